The summed E-state index contributed by atoms with van der Waals surface area (Å²) >= 11 is 0. The molecular weight excluding hydrogens is 371 g/mol. The van der Waals surface area contributed by atoms with Crippen LogP contribution in [0.4, 0.5) is 19.1 Å². The molecule has 3 heterocycles. The molecule has 0 aliphatic carbocycles. The lowest BCUT2D eigenvalue weighted by atomic mass is 10.0. The molecule has 0 saturated heterocycles. The zero-order chi connectivity index (χ0) is 20.2. The Hall–Kier alpha value is -3.10. The van der Waals surface area contributed by atoms with Gasteiger partial charge < -0.3 is 5.32 Å². The second-order valence-electron chi connectivity index (χ2n) is 7.13. The molecule has 9 heteroatoms. The monoisotopic (exact) mass is 389 g/mol. The van der Waals surface area contributed by atoms with Gasteiger partial charge in [0, 0.05) is 11.6 Å². The van der Waals surface area contributed by atoms with Gasteiger partial charge in [-0.2, -0.15) is 23.3 Å². The lowest BCUT2D eigenvalue weighted by molar-refractivity contribution is -0.137. The molecule has 1 aliphatic heterocycles. The van der Waals surface area contributed by atoms with Gasteiger partial charge in [-0.25, -0.2) is 4.68 Å². The third-order valence-electron chi connectivity index (χ3n) is 4.59. The number of anilines is 1. The highest BCUT2D eigenvalue weighted by atomic mass is 19.4. The van der Waals surface area contributed by atoms with Crippen molar-refractivity contribution >= 4 is 22.7 Å². The van der Waals surface area contributed by atoms with Gasteiger partial charge >= 0.3 is 6.18 Å². The van der Waals surface area contributed by atoms with Crippen LogP contribution >= 0.6 is 0 Å². The summed E-state index contributed by atoms with van der Waals surface area (Å²) in [5.41, 5.74) is 1.11. The topological polar surface area (TPSA) is 64.7 Å². The van der Waals surface area contributed by atoms with Crippen LogP contribution in [-0.4, -0.2) is 25.4 Å². The van der Waals surface area contributed by atoms with Gasteiger partial charge in [0.15, 0.2) is 5.65 Å². The number of aromatic nitrogens is 4. The van der Waals surface area contributed by atoms with E-state index < -0.39 is 17.3 Å². The third kappa shape index (κ3) is 2.87. The molecule has 28 heavy (non-hydrogen) atoms. The Morgan fingerprint density at radius 1 is 1.25 bits per heavy atom. The Labute approximate surface area is 158 Å². The van der Waals surface area contributed by atoms with Crippen LogP contribution in [0.25, 0.3) is 16.7 Å². The van der Waals surface area contributed by atoms with Crippen LogP contribution in [0.15, 0.2) is 40.8 Å². The summed E-state index contributed by atoms with van der Waals surface area (Å²) in [6, 6.07) is 5.18. The van der Waals surface area contributed by atoms with E-state index in [9.17, 15) is 18.0 Å². The van der Waals surface area contributed by atoms with Gasteiger partial charge in [-0.1, -0.05) is 12.1 Å². The molecule has 4 rings (SSSR count). The van der Waals surface area contributed by atoms with Crippen molar-refractivity contribution in [2.24, 2.45) is 0 Å². The van der Waals surface area contributed by atoms with Gasteiger partial charge in [-0.05, 0) is 38.5 Å². The number of halogens is 3. The Kier molecular flexibility index (Phi) is 4.06. The summed E-state index contributed by atoms with van der Waals surface area (Å²) in [6.07, 6.45) is -3.03. The number of alkyl halides is 3. The minimum atomic E-state index is -4.44. The normalized spacial score (nSPS) is 14.2. The first kappa shape index (κ1) is 18.3. The van der Waals surface area contributed by atoms with E-state index in [1.165, 1.54) is 16.9 Å². The van der Waals surface area contributed by atoms with E-state index in [0.29, 0.717) is 34.8 Å². The standard InChI is InChI=1S/C19H18F3N5O/c1-10(2)24-18-25-16(28)14-8-23-27-15(11(3)9-26(18)17(14)27)12-5-4-6-13(7-12)19(20,21)22/h4-8,10H,9H2,1-3H3,(H,24,25,28). The molecule has 3 aromatic rings. The molecule has 1 aliphatic rings. The third-order valence-corrected chi connectivity index (χ3v) is 4.59. The van der Waals surface area contributed by atoms with Crippen molar-refractivity contribution in [1.29, 1.82) is 0 Å². The van der Waals surface area contributed by atoms with Crippen LogP contribution in [0.5, 0.6) is 0 Å². The molecular formula is C19H18F3N5O. The average Bonchev–Trinajstić information content (AvgIpc) is 3.04. The number of nitrogens with one attached hydrogen (secondary N) is 1. The molecule has 2 aromatic heterocycles. The summed E-state index contributed by atoms with van der Waals surface area (Å²) in [7, 11) is 0. The quantitative estimate of drug-likeness (QED) is 0.742. The van der Waals surface area contributed by atoms with Gasteiger partial charge in [-0.3, -0.25) is 9.36 Å². The fraction of sp³-hybridized carbons (Fsp3) is 0.316. The number of hydrogen-bond acceptors (Lipinski definition) is 4. The van der Waals surface area contributed by atoms with Crippen LogP contribution in [0.2, 0.25) is 0 Å². The molecule has 0 bridgehead atoms. The van der Waals surface area contributed by atoms with E-state index in [4.69, 9.17) is 0 Å². The Morgan fingerprint density at radius 2 is 2.00 bits per heavy atom. The van der Waals surface area contributed by atoms with Crippen LogP contribution in [-0.2, 0) is 12.7 Å². The highest BCUT2D eigenvalue weighted by molar-refractivity contribution is 5.84. The molecule has 0 saturated carbocycles. The minimum absolute atomic E-state index is 0.0543. The molecule has 0 spiro atoms. The predicted molar refractivity (Wildman–Crippen MR) is 100.0 cm³/mol. The van der Waals surface area contributed by atoms with Crippen molar-refractivity contribution in [1.82, 2.24) is 19.3 Å². The number of nitrogens with zero attached hydrogens (tertiary/aromatic N) is 4. The second kappa shape index (κ2) is 6.22. The largest absolute Gasteiger partial charge is 0.416 e. The van der Waals surface area contributed by atoms with E-state index in [-0.39, 0.29) is 6.04 Å². The van der Waals surface area contributed by atoms with Crippen molar-refractivity contribution in [2.45, 2.75) is 39.5 Å². The maximum atomic E-state index is 13.2. The maximum Gasteiger partial charge on any atom is 0.416 e. The van der Waals surface area contributed by atoms with E-state index in [1.54, 1.807) is 6.07 Å². The van der Waals surface area contributed by atoms with Crippen molar-refractivity contribution in [2.75, 3.05) is 5.32 Å². The predicted octanol–water partition coefficient (Wildman–Crippen LogP) is 3.73. The maximum absolute atomic E-state index is 13.2. The number of rotatable bonds is 3. The smallest absolute Gasteiger partial charge is 0.353 e. The molecule has 0 radical (unpaired) electrons. The Morgan fingerprint density at radius 3 is 2.68 bits per heavy atom. The SMILES string of the molecule is CC1=C(c2cccc(C(F)(F)F)c2)n2ncc3c(=O)nc(NC(C)C)n(c32)C1. The molecule has 0 fully saturated rings. The van der Waals surface area contributed by atoms with Crippen LogP contribution < -0.4 is 10.9 Å². The van der Waals surface area contributed by atoms with Crippen molar-refractivity contribution in [3.63, 3.8) is 0 Å². The van der Waals surface area contributed by atoms with E-state index in [2.05, 4.69) is 15.4 Å². The minimum Gasteiger partial charge on any atom is -0.353 e. The van der Waals surface area contributed by atoms with E-state index in [1.807, 2.05) is 25.3 Å². The van der Waals surface area contributed by atoms with Gasteiger partial charge in [0.1, 0.15) is 5.39 Å². The van der Waals surface area contributed by atoms with Gasteiger partial charge in [0.2, 0.25) is 5.95 Å². The van der Waals surface area contributed by atoms with E-state index >= 15 is 0 Å². The number of allylic oxidation sites excluding steroid dienone is 1. The summed E-state index contributed by atoms with van der Waals surface area (Å²) in [5.74, 6) is 0.414. The summed E-state index contributed by atoms with van der Waals surface area (Å²) < 4.78 is 42.9. The Bertz CT molecular complexity index is 1170. The van der Waals surface area contributed by atoms with Gasteiger partial charge in [0.25, 0.3) is 5.56 Å². The summed E-state index contributed by atoms with van der Waals surface area (Å²) in [5, 5.41) is 7.77. The summed E-state index contributed by atoms with van der Waals surface area (Å²) in [6.45, 7) is 6.08. The van der Waals surface area contributed by atoms with Gasteiger partial charge in [0.05, 0.1) is 24.0 Å². The Balaban J connectivity index is 1.95. The van der Waals surface area contributed by atoms with Crippen molar-refractivity contribution in [3.05, 3.63) is 57.5 Å². The average molecular weight is 389 g/mol. The number of hydrogen-bond donors (Lipinski definition) is 1. The zero-order valence-corrected chi connectivity index (χ0v) is 15.5. The summed E-state index contributed by atoms with van der Waals surface area (Å²) in [4.78, 5) is 16.5. The van der Waals surface area contributed by atoms with Crippen LogP contribution in [0, 0.1) is 0 Å². The fourth-order valence-electron chi connectivity index (χ4n) is 3.46. The number of benzene rings is 1. The highest BCUT2D eigenvalue weighted by Gasteiger charge is 2.32. The first-order chi connectivity index (χ1) is 13.2. The fourth-order valence-corrected chi connectivity index (χ4v) is 3.46. The molecule has 1 N–H and O–H groups in total. The van der Waals surface area contributed by atoms with E-state index in [0.717, 1.165) is 17.7 Å². The first-order valence-corrected chi connectivity index (χ1v) is 8.79. The lowest BCUT2D eigenvalue weighted by Gasteiger charge is -2.25. The molecule has 0 atom stereocenters. The zero-order valence-electron chi connectivity index (χ0n) is 15.5. The second-order valence-corrected chi connectivity index (χ2v) is 7.13. The first-order valence-electron chi connectivity index (χ1n) is 8.79. The molecule has 6 nitrogen and oxygen atoms in total. The van der Waals surface area contributed by atoms with Gasteiger partial charge in [-0.15, -0.1) is 0 Å². The van der Waals surface area contributed by atoms with Crippen molar-refractivity contribution < 1.29 is 13.2 Å². The lowest BCUT2D eigenvalue weighted by Crippen LogP contribution is -2.26. The van der Waals surface area contributed by atoms with Crippen LogP contribution in [0.3, 0.4) is 0 Å². The molecule has 1 aromatic carbocycles. The molecule has 146 valence electrons. The molecule has 0 unspecified atom stereocenters. The van der Waals surface area contributed by atoms with Crippen molar-refractivity contribution in [3.8, 4) is 0 Å². The molecule has 0 amide bonds. The van der Waals surface area contributed by atoms with Crippen LogP contribution in [0.1, 0.15) is 31.9 Å². The highest BCUT2D eigenvalue weighted by Crippen LogP contribution is 2.35.